The molecule has 0 atom stereocenters. The van der Waals surface area contributed by atoms with E-state index in [1.54, 1.807) is 18.2 Å². The van der Waals surface area contributed by atoms with Crippen molar-refractivity contribution in [2.24, 2.45) is 0 Å². The van der Waals surface area contributed by atoms with Gasteiger partial charge in [-0.1, -0.05) is 0 Å². The third-order valence-electron chi connectivity index (χ3n) is 3.46. The molecule has 2 aromatic rings. The average Bonchev–Trinajstić information content (AvgIpc) is 3.00. The first-order valence-corrected chi connectivity index (χ1v) is 9.10. The molecular formula is C16H15FN2O5S. The molecule has 1 N–H and O–H groups in total. The molecule has 0 unspecified atom stereocenters. The number of hydrogen-bond acceptors (Lipinski definition) is 5. The molecule has 25 heavy (non-hydrogen) atoms. The Morgan fingerprint density at radius 3 is 2.52 bits per heavy atom. The molecule has 0 saturated carbocycles. The van der Waals surface area contributed by atoms with Crippen molar-refractivity contribution in [1.82, 2.24) is 0 Å². The molecule has 0 fully saturated rings. The molecule has 0 aromatic heterocycles. The number of nitrogens with zero attached hydrogens (tertiary/aromatic N) is 1. The molecule has 1 aliphatic heterocycles. The number of hydrogen-bond donors (Lipinski definition) is 1. The lowest BCUT2D eigenvalue weighted by atomic mass is 10.2. The number of rotatable bonds is 5. The molecule has 0 spiro atoms. The first-order valence-electron chi connectivity index (χ1n) is 7.26. The van der Waals surface area contributed by atoms with Gasteiger partial charge in [0.1, 0.15) is 12.4 Å². The predicted molar refractivity (Wildman–Crippen MR) is 89.8 cm³/mol. The summed E-state index contributed by atoms with van der Waals surface area (Å²) in [6.45, 7) is -0.335. The largest absolute Gasteiger partial charge is 0.454 e. The lowest BCUT2D eigenvalue weighted by Gasteiger charge is -2.21. The summed E-state index contributed by atoms with van der Waals surface area (Å²) >= 11 is 0. The summed E-state index contributed by atoms with van der Waals surface area (Å²) in [6, 6.07) is 9.70. The number of amides is 1. The molecule has 2 aromatic carbocycles. The highest BCUT2D eigenvalue weighted by atomic mass is 32.2. The van der Waals surface area contributed by atoms with E-state index in [4.69, 9.17) is 9.47 Å². The van der Waals surface area contributed by atoms with Crippen LogP contribution in [-0.2, 0) is 14.8 Å². The van der Waals surface area contributed by atoms with Crippen LogP contribution in [0, 0.1) is 5.82 Å². The van der Waals surface area contributed by atoms with Crippen LogP contribution in [-0.4, -0.2) is 33.9 Å². The smallest absolute Gasteiger partial charge is 0.245 e. The number of benzene rings is 2. The van der Waals surface area contributed by atoms with Gasteiger partial charge in [0.05, 0.1) is 11.9 Å². The number of fused-ring (bicyclic) bond motifs is 1. The van der Waals surface area contributed by atoms with E-state index in [2.05, 4.69) is 5.32 Å². The summed E-state index contributed by atoms with van der Waals surface area (Å²) in [5.41, 5.74) is 0.645. The van der Waals surface area contributed by atoms with E-state index in [9.17, 15) is 17.6 Å². The minimum atomic E-state index is -3.72. The van der Waals surface area contributed by atoms with E-state index in [0.29, 0.717) is 17.2 Å². The van der Waals surface area contributed by atoms with E-state index in [0.717, 1.165) is 22.7 Å². The van der Waals surface area contributed by atoms with Crippen molar-refractivity contribution in [1.29, 1.82) is 0 Å². The Balaban J connectivity index is 1.75. The molecule has 3 rings (SSSR count). The van der Waals surface area contributed by atoms with Gasteiger partial charge in [0.2, 0.25) is 22.7 Å². The normalized spacial score (nSPS) is 12.7. The van der Waals surface area contributed by atoms with Crippen LogP contribution < -0.4 is 19.1 Å². The van der Waals surface area contributed by atoms with Crippen molar-refractivity contribution in [3.8, 4) is 11.5 Å². The Morgan fingerprint density at radius 1 is 1.16 bits per heavy atom. The first-order chi connectivity index (χ1) is 11.8. The molecule has 1 heterocycles. The van der Waals surface area contributed by atoms with Crippen molar-refractivity contribution in [3.63, 3.8) is 0 Å². The first kappa shape index (κ1) is 17.0. The van der Waals surface area contributed by atoms with Gasteiger partial charge in [0.15, 0.2) is 11.5 Å². The molecule has 1 amide bonds. The highest BCUT2D eigenvalue weighted by Gasteiger charge is 2.21. The Labute approximate surface area is 144 Å². The number of sulfonamides is 1. The lowest BCUT2D eigenvalue weighted by Crippen LogP contribution is -2.37. The van der Waals surface area contributed by atoms with Gasteiger partial charge in [-0.05, 0) is 36.4 Å². The summed E-state index contributed by atoms with van der Waals surface area (Å²) in [4.78, 5) is 12.2. The van der Waals surface area contributed by atoms with Gasteiger partial charge in [-0.25, -0.2) is 12.8 Å². The highest BCUT2D eigenvalue weighted by molar-refractivity contribution is 7.92. The van der Waals surface area contributed by atoms with Crippen LogP contribution in [0.1, 0.15) is 0 Å². The van der Waals surface area contributed by atoms with Gasteiger partial charge in [-0.2, -0.15) is 0 Å². The zero-order valence-corrected chi connectivity index (χ0v) is 14.0. The number of carbonyl (C=O) groups is 1. The maximum Gasteiger partial charge on any atom is 0.245 e. The van der Waals surface area contributed by atoms with Crippen LogP contribution in [0.5, 0.6) is 11.5 Å². The second-order valence-electron chi connectivity index (χ2n) is 5.36. The number of halogens is 1. The standard InChI is InChI=1S/C16H15FN2O5S/c1-25(21,22)19(13-5-2-11(17)3-6-13)9-16(20)18-12-4-7-14-15(8-12)24-10-23-14/h2-8H,9-10H2,1H3,(H,18,20). The van der Waals surface area contributed by atoms with Crippen molar-refractivity contribution in [2.75, 3.05) is 29.2 Å². The van der Waals surface area contributed by atoms with E-state index in [1.807, 2.05) is 0 Å². The van der Waals surface area contributed by atoms with Crippen LogP contribution in [0.15, 0.2) is 42.5 Å². The summed E-state index contributed by atoms with van der Waals surface area (Å²) < 4.78 is 48.3. The third kappa shape index (κ3) is 4.00. The van der Waals surface area contributed by atoms with E-state index < -0.39 is 28.3 Å². The number of nitrogens with one attached hydrogen (secondary N) is 1. The van der Waals surface area contributed by atoms with Crippen molar-refractivity contribution < 1.29 is 27.1 Å². The monoisotopic (exact) mass is 366 g/mol. The molecule has 132 valence electrons. The molecule has 0 bridgehead atoms. The van der Waals surface area contributed by atoms with Crippen molar-refractivity contribution in [2.45, 2.75) is 0 Å². The number of anilines is 2. The fraction of sp³-hybridized carbons (Fsp3) is 0.188. The van der Waals surface area contributed by atoms with Gasteiger partial charge in [-0.15, -0.1) is 0 Å². The Kier molecular flexibility index (Phi) is 4.49. The summed E-state index contributed by atoms with van der Waals surface area (Å²) in [5.74, 6) is 0.0222. The zero-order valence-electron chi connectivity index (χ0n) is 13.2. The molecular weight excluding hydrogens is 351 g/mol. The minimum absolute atomic E-state index is 0.110. The summed E-state index contributed by atoms with van der Waals surface area (Å²) in [5, 5.41) is 2.60. The van der Waals surface area contributed by atoms with Gasteiger partial charge >= 0.3 is 0 Å². The molecule has 0 saturated heterocycles. The lowest BCUT2D eigenvalue weighted by molar-refractivity contribution is -0.114. The van der Waals surface area contributed by atoms with E-state index >= 15 is 0 Å². The van der Waals surface area contributed by atoms with Crippen LogP contribution in [0.2, 0.25) is 0 Å². The highest BCUT2D eigenvalue weighted by Crippen LogP contribution is 2.34. The van der Waals surface area contributed by atoms with Crippen LogP contribution >= 0.6 is 0 Å². The number of carbonyl (C=O) groups excluding carboxylic acids is 1. The maximum atomic E-state index is 13.0. The van der Waals surface area contributed by atoms with Crippen molar-refractivity contribution >= 4 is 27.3 Å². The zero-order chi connectivity index (χ0) is 18.0. The predicted octanol–water partition coefficient (Wildman–Crippen LogP) is 1.96. The molecule has 1 aliphatic rings. The third-order valence-corrected chi connectivity index (χ3v) is 4.60. The van der Waals surface area contributed by atoms with Crippen LogP contribution in [0.3, 0.4) is 0 Å². The Hall–Kier alpha value is -2.81. The van der Waals surface area contributed by atoms with Crippen LogP contribution in [0.4, 0.5) is 15.8 Å². The van der Waals surface area contributed by atoms with Crippen molar-refractivity contribution in [3.05, 3.63) is 48.3 Å². The molecule has 0 aliphatic carbocycles. The van der Waals surface area contributed by atoms with E-state index in [-0.39, 0.29) is 12.5 Å². The van der Waals surface area contributed by atoms with Gasteiger partial charge in [-0.3, -0.25) is 9.10 Å². The maximum absolute atomic E-state index is 13.0. The second kappa shape index (κ2) is 6.60. The molecule has 9 heteroatoms. The van der Waals surface area contributed by atoms with Gasteiger partial charge < -0.3 is 14.8 Å². The number of ether oxygens (including phenoxy) is 2. The van der Waals surface area contributed by atoms with Crippen LogP contribution in [0.25, 0.3) is 0 Å². The topological polar surface area (TPSA) is 84.9 Å². The second-order valence-corrected chi connectivity index (χ2v) is 7.27. The fourth-order valence-corrected chi connectivity index (χ4v) is 3.17. The molecule has 0 radical (unpaired) electrons. The SMILES string of the molecule is CS(=O)(=O)N(CC(=O)Nc1ccc2c(c1)OCO2)c1ccc(F)cc1. The van der Waals surface area contributed by atoms with Gasteiger partial charge in [0, 0.05) is 11.8 Å². The Bertz CT molecular complexity index is 899. The Morgan fingerprint density at radius 2 is 1.84 bits per heavy atom. The summed E-state index contributed by atoms with van der Waals surface area (Å²) in [7, 11) is -3.72. The minimum Gasteiger partial charge on any atom is -0.454 e. The van der Waals surface area contributed by atoms with Gasteiger partial charge in [0.25, 0.3) is 0 Å². The fourth-order valence-electron chi connectivity index (χ4n) is 2.31. The summed E-state index contributed by atoms with van der Waals surface area (Å²) in [6.07, 6.45) is 0.976. The van der Waals surface area contributed by atoms with E-state index in [1.165, 1.54) is 12.1 Å². The quantitative estimate of drug-likeness (QED) is 0.874. The average molecular weight is 366 g/mol. The molecule has 7 nitrogen and oxygen atoms in total.